The van der Waals surface area contributed by atoms with Gasteiger partial charge in [0.05, 0.1) is 35.3 Å². The van der Waals surface area contributed by atoms with E-state index in [-0.39, 0.29) is 0 Å². The van der Waals surface area contributed by atoms with Gasteiger partial charge in [-0.2, -0.15) is 0 Å². The molecular weight excluding hydrogens is 342 g/mol. The molecule has 0 bridgehead atoms. The molecule has 1 aliphatic rings. The average molecular weight is 366 g/mol. The van der Waals surface area contributed by atoms with Crippen LogP contribution in [0, 0.1) is 0 Å². The molecule has 0 unspecified atom stereocenters. The lowest BCUT2D eigenvalue weighted by Gasteiger charge is -2.22. The van der Waals surface area contributed by atoms with Crippen LogP contribution in [-0.4, -0.2) is 25.4 Å². The fourth-order valence-electron chi connectivity index (χ4n) is 2.82. The first-order valence-corrected chi connectivity index (χ1v) is 10.0. The van der Waals surface area contributed by atoms with E-state index in [0.717, 1.165) is 53.4 Å². The van der Waals surface area contributed by atoms with Gasteiger partial charge < -0.3 is 19.7 Å². The number of ether oxygens (including phenoxy) is 1. The van der Waals surface area contributed by atoms with Crippen molar-refractivity contribution in [2.24, 2.45) is 5.84 Å². The van der Waals surface area contributed by atoms with E-state index >= 15 is 0 Å². The van der Waals surface area contributed by atoms with Crippen LogP contribution in [0.1, 0.15) is 17.7 Å². The maximum atomic E-state index is 6.06. The van der Waals surface area contributed by atoms with Gasteiger partial charge in [-0.3, -0.25) is 5.84 Å². The van der Waals surface area contributed by atoms with Crippen molar-refractivity contribution in [1.82, 2.24) is 5.32 Å². The Labute approximate surface area is 151 Å². The maximum Gasteiger partial charge on any atom is 0.137 e. The number of benzene rings is 1. The van der Waals surface area contributed by atoms with E-state index in [1.54, 1.807) is 11.3 Å². The van der Waals surface area contributed by atoms with Gasteiger partial charge in [0.25, 0.3) is 0 Å². The molecule has 5 nitrogen and oxygen atoms in total. The summed E-state index contributed by atoms with van der Waals surface area (Å²) >= 11 is 3.02. The predicted molar refractivity (Wildman–Crippen MR) is 102 cm³/mol. The van der Waals surface area contributed by atoms with Gasteiger partial charge in [0.1, 0.15) is 5.75 Å². The van der Waals surface area contributed by atoms with Gasteiger partial charge in [-0.15, -0.1) is 11.3 Å². The molecule has 1 saturated heterocycles. The van der Waals surface area contributed by atoms with Crippen LogP contribution in [0.4, 0.5) is 5.69 Å². The summed E-state index contributed by atoms with van der Waals surface area (Å²) in [5, 5.41) is 5.48. The number of nitrogens with one attached hydrogen (secondary N) is 2. The van der Waals surface area contributed by atoms with Crippen molar-refractivity contribution in [1.29, 1.82) is 0 Å². The summed E-state index contributed by atoms with van der Waals surface area (Å²) in [5.74, 6) is 6.63. The molecule has 4 N–H and O–H groups in total. The average Bonchev–Trinajstić information content (AvgIpc) is 3.05. The van der Waals surface area contributed by atoms with Gasteiger partial charge in [-0.25, -0.2) is 0 Å². The van der Waals surface area contributed by atoms with Crippen molar-refractivity contribution in [3.8, 4) is 16.9 Å². The first kappa shape index (κ1) is 17.6. The zero-order chi connectivity index (χ0) is 16.8. The summed E-state index contributed by atoms with van der Waals surface area (Å²) in [7, 11) is 0. The molecule has 1 aromatic carbocycles. The minimum Gasteiger partial charge on any atom is -0.426 e. The number of piperidine rings is 1. The lowest BCUT2D eigenvalue weighted by Crippen LogP contribution is -2.32. The molecule has 0 atom stereocenters. The summed E-state index contributed by atoms with van der Waals surface area (Å²) in [5.41, 5.74) is 6.02. The molecule has 2 aromatic rings. The highest BCUT2D eigenvalue weighted by Crippen LogP contribution is 2.37. The molecule has 0 amide bonds. The minimum absolute atomic E-state index is 0.338. The Hall–Kier alpha value is -1.25. The summed E-state index contributed by atoms with van der Waals surface area (Å²) in [6, 6.07) is 8.03. The predicted octanol–water partition coefficient (Wildman–Crippen LogP) is 3.63. The van der Waals surface area contributed by atoms with Gasteiger partial charge >= 0.3 is 0 Å². The van der Waals surface area contributed by atoms with Crippen molar-refractivity contribution in [3.63, 3.8) is 0 Å². The van der Waals surface area contributed by atoms with Crippen LogP contribution in [-0.2, 0) is 11.3 Å². The molecule has 3 rings (SSSR count). The standard InChI is InChI=1S/C17H23N3O2S2/c1-23-22-14-4-2-12(3-5-14)15-11-24-16(17(15)20-18)10-21-13-6-8-19-9-7-13/h2-5,11,13,19-20H,6-10,18H2,1H3. The number of thiophene rings is 1. The zero-order valence-electron chi connectivity index (χ0n) is 13.7. The van der Waals surface area contributed by atoms with E-state index in [1.807, 2.05) is 30.5 Å². The van der Waals surface area contributed by atoms with E-state index in [4.69, 9.17) is 14.8 Å². The van der Waals surface area contributed by atoms with Gasteiger partial charge in [0.15, 0.2) is 0 Å². The van der Waals surface area contributed by atoms with Crippen LogP contribution in [0.2, 0.25) is 0 Å². The Morgan fingerprint density at radius 2 is 2.04 bits per heavy atom. The molecule has 0 aliphatic carbocycles. The van der Waals surface area contributed by atoms with Crippen LogP contribution in [0.15, 0.2) is 29.6 Å². The largest absolute Gasteiger partial charge is 0.426 e. The highest BCUT2D eigenvalue weighted by Gasteiger charge is 2.17. The van der Waals surface area contributed by atoms with Gasteiger partial charge in [0.2, 0.25) is 0 Å². The fraction of sp³-hybridized carbons (Fsp3) is 0.412. The second kappa shape index (κ2) is 8.73. The van der Waals surface area contributed by atoms with Crippen LogP contribution in [0.25, 0.3) is 11.1 Å². The number of anilines is 1. The van der Waals surface area contributed by atoms with E-state index in [0.29, 0.717) is 12.7 Å². The quantitative estimate of drug-likeness (QED) is 0.395. The zero-order valence-corrected chi connectivity index (χ0v) is 15.3. The molecule has 0 spiro atoms. The topological polar surface area (TPSA) is 68.5 Å². The lowest BCUT2D eigenvalue weighted by atomic mass is 10.1. The van der Waals surface area contributed by atoms with Gasteiger partial charge in [-0.05, 0) is 43.6 Å². The number of hydrazine groups is 1. The Bertz CT molecular complexity index is 640. The molecule has 130 valence electrons. The molecule has 7 heteroatoms. The third kappa shape index (κ3) is 4.23. The van der Waals surface area contributed by atoms with Crippen molar-refractivity contribution < 1.29 is 8.92 Å². The molecule has 1 aromatic heterocycles. The normalized spacial score (nSPS) is 15.4. The molecule has 1 aliphatic heterocycles. The van der Waals surface area contributed by atoms with Crippen LogP contribution < -0.4 is 20.8 Å². The molecular formula is C17H23N3O2S2. The maximum absolute atomic E-state index is 6.06. The van der Waals surface area contributed by atoms with Crippen LogP contribution in [0.3, 0.4) is 0 Å². The monoisotopic (exact) mass is 365 g/mol. The number of nitrogen functional groups attached to an aromatic ring is 1. The number of hydrogen-bond acceptors (Lipinski definition) is 7. The van der Waals surface area contributed by atoms with Gasteiger partial charge in [-0.1, -0.05) is 12.1 Å². The van der Waals surface area contributed by atoms with E-state index in [2.05, 4.69) is 16.1 Å². The molecule has 2 heterocycles. The summed E-state index contributed by atoms with van der Waals surface area (Å²) < 4.78 is 11.5. The highest BCUT2D eigenvalue weighted by atomic mass is 32.2. The smallest absolute Gasteiger partial charge is 0.137 e. The first-order valence-electron chi connectivity index (χ1n) is 8.02. The highest BCUT2D eigenvalue weighted by molar-refractivity contribution is 7.94. The third-order valence-corrected chi connectivity index (χ3v) is 5.41. The van der Waals surface area contributed by atoms with Crippen molar-refractivity contribution in [2.45, 2.75) is 25.6 Å². The lowest BCUT2D eigenvalue weighted by molar-refractivity contribution is 0.0228. The van der Waals surface area contributed by atoms with E-state index in [9.17, 15) is 0 Å². The van der Waals surface area contributed by atoms with E-state index in [1.165, 1.54) is 12.0 Å². The van der Waals surface area contributed by atoms with Crippen LogP contribution in [0.5, 0.6) is 5.75 Å². The van der Waals surface area contributed by atoms with E-state index < -0.39 is 0 Å². The summed E-state index contributed by atoms with van der Waals surface area (Å²) in [4.78, 5) is 1.13. The first-order chi connectivity index (χ1) is 11.8. The summed E-state index contributed by atoms with van der Waals surface area (Å²) in [6.45, 7) is 2.67. The number of hydrogen-bond donors (Lipinski definition) is 3. The Kier molecular flexibility index (Phi) is 6.39. The van der Waals surface area contributed by atoms with Crippen molar-refractivity contribution in [2.75, 3.05) is 24.8 Å². The summed E-state index contributed by atoms with van der Waals surface area (Å²) in [6.07, 6.45) is 4.38. The molecule has 0 saturated carbocycles. The second-order valence-electron chi connectivity index (χ2n) is 5.63. The Morgan fingerprint density at radius 3 is 2.71 bits per heavy atom. The minimum atomic E-state index is 0.338. The fourth-order valence-corrected chi connectivity index (χ4v) is 4.06. The van der Waals surface area contributed by atoms with Gasteiger partial charge in [0, 0.05) is 17.2 Å². The molecule has 0 radical (unpaired) electrons. The van der Waals surface area contributed by atoms with Crippen molar-refractivity contribution >= 4 is 29.1 Å². The van der Waals surface area contributed by atoms with Crippen molar-refractivity contribution in [3.05, 3.63) is 34.5 Å². The second-order valence-corrected chi connectivity index (χ2v) is 7.09. The Morgan fingerprint density at radius 1 is 1.29 bits per heavy atom. The number of rotatable bonds is 7. The SMILES string of the molecule is CSOc1ccc(-c2csc(COC3CCNCC3)c2NN)cc1. The van der Waals surface area contributed by atoms with Crippen LogP contribution >= 0.6 is 23.4 Å². The Balaban J connectivity index is 1.71. The number of nitrogens with two attached hydrogens (primary N) is 1. The molecule has 1 fully saturated rings. The third-order valence-electron chi connectivity index (χ3n) is 4.09. The molecule has 24 heavy (non-hydrogen) atoms.